The van der Waals surface area contributed by atoms with E-state index < -0.39 is 10.0 Å². The van der Waals surface area contributed by atoms with E-state index in [0.717, 1.165) is 32.1 Å². The van der Waals surface area contributed by atoms with E-state index in [2.05, 4.69) is 0 Å². The first kappa shape index (κ1) is 14.1. The molecule has 6 heteroatoms. The van der Waals surface area contributed by atoms with Gasteiger partial charge in [-0.3, -0.25) is 0 Å². The summed E-state index contributed by atoms with van der Waals surface area (Å²) < 4.78 is 32.3. The van der Waals surface area contributed by atoms with Gasteiger partial charge in [0.1, 0.15) is 12.4 Å². The lowest BCUT2D eigenvalue weighted by Crippen LogP contribution is -2.49. The van der Waals surface area contributed by atoms with Crippen molar-refractivity contribution in [2.75, 3.05) is 6.54 Å². The highest BCUT2D eigenvalue weighted by molar-refractivity contribution is 7.89. The second kappa shape index (κ2) is 5.50. The van der Waals surface area contributed by atoms with E-state index >= 15 is 0 Å². The minimum atomic E-state index is -3.57. The molecule has 2 fully saturated rings. The van der Waals surface area contributed by atoms with Crippen molar-refractivity contribution in [3.63, 3.8) is 0 Å². The molecule has 1 aliphatic carbocycles. The van der Waals surface area contributed by atoms with Crippen LogP contribution in [0.25, 0.3) is 0 Å². The SMILES string of the molecule is O=S(=O)(c1ccc(CO)o1)N1CCCC2CCCCC21. The normalized spacial score (nSPS) is 28.2. The monoisotopic (exact) mass is 299 g/mol. The fourth-order valence-corrected chi connectivity index (χ4v) is 5.26. The number of aliphatic hydroxyl groups is 1. The van der Waals surface area contributed by atoms with Crippen LogP contribution in [0.3, 0.4) is 0 Å². The minimum Gasteiger partial charge on any atom is -0.446 e. The fraction of sp³-hybridized carbons (Fsp3) is 0.714. The number of rotatable bonds is 3. The van der Waals surface area contributed by atoms with E-state index in [4.69, 9.17) is 9.52 Å². The topological polar surface area (TPSA) is 70.8 Å². The standard InChI is InChI=1S/C14H21NO4S/c16-10-12-7-8-14(19-12)20(17,18)15-9-3-5-11-4-1-2-6-13(11)15/h7-8,11,13,16H,1-6,9-10H2. The van der Waals surface area contributed by atoms with Crippen LogP contribution in [0.4, 0.5) is 0 Å². The molecule has 112 valence electrons. The fourth-order valence-electron chi connectivity index (χ4n) is 3.57. The van der Waals surface area contributed by atoms with Gasteiger partial charge in [0.05, 0.1) is 0 Å². The molecule has 0 spiro atoms. The van der Waals surface area contributed by atoms with Gasteiger partial charge in [0.25, 0.3) is 10.0 Å². The number of sulfonamides is 1. The molecule has 2 atom stereocenters. The Hall–Kier alpha value is -0.850. The first-order valence-electron chi connectivity index (χ1n) is 7.34. The molecule has 5 nitrogen and oxygen atoms in total. The minimum absolute atomic E-state index is 0.0345. The highest BCUT2D eigenvalue weighted by Gasteiger charge is 2.41. The Labute approximate surface area is 119 Å². The van der Waals surface area contributed by atoms with Crippen molar-refractivity contribution < 1.29 is 17.9 Å². The predicted molar refractivity (Wildman–Crippen MR) is 73.5 cm³/mol. The number of aliphatic hydroxyl groups excluding tert-OH is 1. The predicted octanol–water partition coefficient (Wildman–Crippen LogP) is 2.12. The summed E-state index contributed by atoms with van der Waals surface area (Å²) in [4.78, 5) is 0. The molecule has 1 aromatic rings. The molecule has 2 heterocycles. The van der Waals surface area contributed by atoms with Crippen molar-refractivity contribution >= 4 is 10.0 Å². The summed E-state index contributed by atoms with van der Waals surface area (Å²) in [6, 6.07) is 3.10. The lowest BCUT2D eigenvalue weighted by Gasteiger charge is -2.42. The Morgan fingerprint density at radius 2 is 1.95 bits per heavy atom. The van der Waals surface area contributed by atoms with Gasteiger partial charge in [0.2, 0.25) is 5.09 Å². The largest absolute Gasteiger partial charge is 0.446 e. The van der Waals surface area contributed by atoms with E-state index in [9.17, 15) is 8.42 Å². The highest BCUT2D eigenvalue weighted by atomic mass is 32.2. The van der Waals surface area contributed by atoms with Crippen LogP contribution in [-0.4, -0.2) is 30.4 Å². The zero-order valence-electron chi connectivity index (χ0n) is 11.5. The second-order valence-electron chi connectivity index (χ2n) is 5.75. The average molecular weight is 299 g/mol. The van der Waals surface area contributed by atoms with Crippen LogP contribution >= 0.6 is 0 Å². The molecular formula is C14H21NO4S. The summed E-state index contributed by atoms with van der Waals surface area (Å²) in [7, 11) is -3.57. The van der Waals surface area contributed by atoms with Gasteiger partial charge >= 0.3 is 0 Å². The number of fused-ring (bicyclic) bond motifs is 1. The van der Waals surface area contributed by atoms with Gasteiger partial charge in [0, 0.05) is 12.6 Å². The van der Waals surface area contributed by atoms with Crippen LogP contribution in [-0.2, 0) is 16.6 Å². The van der Waals surface area contributed by atoms with Crippen LogP contribution < -0.4 is 0 Å². The molecule has 20 heavy (non-hydrogen) atoms. The third kappa shape index (κ3) is 2.40. The average Bonchev–Trinajstić information content (AvgIpc) is 2.96. The van der Waals surface area contributed by atoms with Gasteiger partial charge in [-0.05, 0) is 43.7 Å². The Morgan fingerprint density at radius 3 is 2.70 bits per heavy atom. The third-order valence-electron chi connectivity index (χ3n) is 4.55. The molecule has 3 rings (SSSR count). The zero-order chi connectivity index (χ0) is 14.2. The smallest absolute Gasteiger partial charge is 0.276 e. The maximum absolute atomic E-state index is 12.7. The van der Waals surface area contributed by atoms with Crippen molar-refractivity contribution in [3.05, 3.63) is 17.9 Å². The first-order chi connectivity index (χ1) is 9.63. The summed E-state index contributed by atoms with van der Waals surface area (Å²) in [5.41, 5.74) is 0. The molecule has 0 amide bonds. The van der Waals surface area contributed by atoms with Crippen molar-refractivity contribution in [1.82, 2.24) is 4.31 Å². The van der Waals surface area contributed by atoms with Crippen molar-refractivity contribution in [2.45, 2.75) is 56.3 Å². The molecule has 1 N–H and O–H groups in total. The third-order valence-corrected chi connectivity index (χ3v) is 6.35. The summed E-state index contributed by atoms with van der Waals surface area (Å²) in [6.45, 7) is 0.306. The van der Waals surface area contributed by atoms with Gasteiger partial charge in [-0.15, -0.1) is 0 Å². The Kier molecular flexibility index (Phi) is 3.88. The van der Waals surface area contributed by atoms with Crippen LogP contribution in [0.2, 0.25) is 0 Å². The van der Waals surface area contributed by atoms with Crippen LogP contribution in [0, 0.1) is 5.92 Å². The molecule has 1 aromatic heterocycles. The summed E-state index contributed by atoms with van der Waals surface area (Å²) in [5.74, 6) is 0.792. The van der Waals surface area contributed by atoms with Gasteiger partial charge in [-0.1, -0.05) is 12.8 Å². The Balaban J connectivity index is 1.89. The first-order valence-corrected chi connectivity index (χ1v) is 8.78. The van der Waals surface area contributed by atoms with E-state index in [1.54, 1.807) is 4.31 Å². The van der Waals surface area contributed by atoms with E-state index in [1.165, 1.54) is 18.6 Å². The second-order valence-corrected chi connectivity index (χ2v) is 7.57. The van der Waals surface area contributed by atoms with Crippen molar-refractivity contribution in [1.29, 1.82) is 0 Å². The maximum Gasteiger partial charge on any atom is 0.276 e. The van der Waals surface area contributed by atoms with E-state index in [1.807, 2.05) is 0 Å². The molecule has 2 unspecified atom stereocenters. The maximum atomic E-state index is 12.7. The van der Waals surface area contributed by atoms with Crippen LogP contribution in [0.1, 0.15) is 44.3 Å². The zero-order valence-corrected chi connectivity index (χ0v) is 12.3. The van der Waals surface area contributed by atoms with Crippen LogP contribution in [0.5, 0.6) is 0 Å². The lowest BCUT2D eigenvalue weighted by molar-refractivity contribution is 0.127. The van der Waals surface area contributed by atoms with Gasteiger partial charge in [0.15, 0.2) is 0 Å². The summed E-state index contributed by atoms with van der Waals surface area (Å²) in [5, 5.41) is 8.98. The molecular weight excluding hydrogens is 278 g/mol. The molecule has 0 radical (unpaired) electrons. The van der Waals surface area contributed by atoms with Gasteiger partial charge in [-0.25, -0.2) is 8.42 Å². The highest BCUT2D eigenvalue weighted by Crippen LogP contribution is 2.38. The quantitative estimate of drug-likeness (QED) is 0.928. The van der Waals surface area contributed by atoms with Gasteiger partial charge in [-0.2, -0.15) is 4.31 Å². The Bertz CT molecular complexity index is 563. The summed E-state index contributed by atoms with van der Waals surface area (Å²) >= 11 is 0. The van der Waals surface area contributed by atoms with E-state index in [-0.39, 0.29) is 17.7 Å². The number of hydrogen-bond acceptors (Lipinski definition) is 4. The van der Waals surface area contributed by atoms with Crippen molar-refractivity contribution in [2.24, 2.45) is 5.92 Å². The van der Waals surface area contributed by atoms with Gasteiger partial charge < -0.3 is 9.52 Å². The molecule has 2 aliphatic rings. The Morgan fingerprint density at radius 1 is 1.20 bits per heavy atom. The summed E-state index contributed by atoms with van der Waals surface area (Å²) in [6.07, 6.45) is 6.47. The number of furan rings is 1. The number of hydrogen-bond donors (Lipinski definition) is 1. The van der Waals surface area contributed by atoms with E-state index in [0.29, 0.717) is 18.2 Å². The molecule has 1 saturated heterocycles. The van der Waals surface area contributed by atoms with Crippen molar-refractivity contribution in [3.8, 4) is 0 Å². The number of piperidine rings is 1. The lowest BCUT2D eigenvalue weighted by atomic mass is 9.79. The number of nitrogens with zero attached hydrogens (tertiary/aromatic N) is 1. The molecule has 1 saturated carbocycles. The van der Waals surface area contributed by atoms with Crippen LogP contribution in [0.15, 0.2) is 21.6 Å². The molecule has 1 aliphatic heterocycles. The molecule has 0 bridgehead atoms. The molecule has 0 aromatic carbocycles.